The lowest BCUT2D eigenvalue weighted by Gasteiger charge is -2.31. The number of hydrogen-bond donors (Lipinski definition) is 2. The summed E-state index contributed by atoms with van der Waals surface area (Å²) in [7, 11) is 0. The van der Waals surface area contributed by atoms with E-state index in [0.29, 0.717) is 19.4 Å². The maximum Gasteiger partial charge on any atom is 0.391 e. The second-order valence-corrected chi connectivity index (χ2v) is 5.28. The van der Waals surface area contributed by atoms with Gasteiger partial charge in [0.15, 0.2) is 0 Å². The fourth-order valence-electron chi connectivity index (χ4n) is 2.54. The molecule has 1 aliphatic rings. The van der Waals surface area contributed by atoms with E-state index in [1.807, 2.05) is 0 Å². The summed E-state index contributed by atoms with van der Waals surface area (Å²) in [6.07, 6.45) is 0.253. The second kappa shape index (κ2) is 6.78. The van der Waals surface area contributed by atoms with Crippen LogP contribution in [-0.2, 0) is 6.54 Å². The molecule has 2 unspecified atom stereocenters. The Bertz CT molecular complexity index is 464. The molecule has 1 heterocycles. The van der Waals surface area contributed by atoms with Crippen molar-refractivity contribution in [3.8, 4) is 0 Å². The third-order valence-corrected chi connectivity index (χ3v) is 3.67. The highest BCUT2D eigenvalue weighted by Gasteiger charge is 2.42. The van der Waals surface area contributed by atoms with Crippen molar-refractivity contribution in [3.05, 3.63) is 30.1 Å². The Labute approximate surface area is 121 Å². The summed E-state index contributed by atoms with van der Waals surface area (Å²) in [6.45, 7) is 0.323. The normalized spacial score (nSPS) is 22.6. The van der Waals surface area contributed by atoms with Gasteiger partial charge in [-0.2, -0.15) is 13.2 Å². The molecule has 116 valence electrons. The van der Waals surface area contributed by atoms with Crippen molar-refractivity contribution in [1.82, 2.24) is 15.6 Å². The van der Waals surface area contributed by atoms with Crippen molar-refractivity contribution >= 4 is 6.03 Å². The molecule has 7 heteroatoms. The van der Waals surface area contributed by atoms with Crippen LogP contribution in [0, 0.1) is 5.92 Å². The van der Waals surface area contributed by atoms with E-state index in [1.54, 1.807) is 24.5 Å². The number of carbonyl (C=O) groups excluding carboxylic acids is 1. The number of amides is 2. The molecule has 0 saturated heterocycles. The second-order valence-electron chi connectivity index (χ2n) is 5.28. The minimum absolute atomic E-state index is 0.0355. The zero-order valence-corrected chi connectivity index (χ0v) is 11.5. The highest BCUT2D eigenvalue weighted by atomic mass is 19.4. The zero-order chi connectivity index (χ0) is 15.3. The molecule has 2 rings (SSSR count). The molecular formula is C14H18F3N3O. The number of hydrogen-bond acceptors (Lipinski definition) is 2. The largest absolute Gasteiger partial charge is 0.391 e. The minimum atomic E-state index is -4.17. The highest BCUT2D eigenvalue weighted by molar-refractivity contribution is 5.74. The van der Waals surface area contributed by atoms with Gasteiger partial charge in [0, 0.05) is 25.0 Å². The number of alkyl halides is 3. The van der Waals surface area contributed by atoms with E-state index >= 15 is 0 Å². The van der Waals surface area contributed by atoms with Gasteiger partial charge < -0.3 is 10.6 Å². The van der Waals surface area contributed by atoms with Gasteiger partial charge in [0.1, 0.15) is 0 Å². The van der Waals surface area contributed by atoms with E-state index in [1.165, 1.54) is 0 Å². The van der Waals surface area contributed by atoms with Crippen LogP contribution in [0.25, 0.3) is 0 Å². The third-order valence-electron chi connectivity index (χ3n) is 3.67. The molecular weight excluding hydrogens is 283 g/mol. The van der Waals surface area contributed by atoms with Crippen LogP contribution in [0.3, 0.4) is 0 Å². The molecule has 1 fully saturated rings. The van der Waals surface area contributed by atoms with Crippen molar-refractivity contribution < 1.29 is 18.0 Å². The number of halogens is 3. The Balaban J connectivity index is 1.77. The van der Waals surface area contributed by atoms with Crippen LogP contribution in [0.4, 0.5) is 18.0 Å². The number of aromatic nitrogens is 1. The van der Waals surface area contributed by atoms with Gasteiger partial charge in [0.2, 0.25) is 0 Å². The first-order valence-corrected chi connectivity index (χ1v) is 6.95. The van der Waals surface area contributed by atoms with E-state index in [0.717, 1.165) is 5.56 Å². The number of rotatable bonds is 3. The van der Waals surface area contributed by atoms with Crippen LogP contribution in [0.5, 0.6) is 0 Å². The van der Waals surface area contributed by atoms with Gasteiger partial charge in [-0.25, -0.2) is 4.79 Å². The van der Waals surface area contributed by atoms with E-state index < -0.39 is 24.2 Å². The van der Waals surface area contributed by atoms with E-state index in [2.05, 4.69) is 15.6 Å². The maximum atomic E-state index is 12.7. The molecule has 0 aliphatic heterocycles. The van der Waals surface area contributed by atoms with Gasteiger partial charge in [-0.1, -0.05) is 6.42 Å². The first kappa shape index (κ1) is 15.6. The van der Waals surface area contributed by atoms with Gasteiger partial charge in [-0.15, -0.1) is 0 Å². The molecule has 0 radical (unpaired) electrons. The molecule has 1 aromatic rings. The molecule has 0 bridgehead atoms. The van der Waals surface area contributed by atoms with Crippen molar-refractivity contribution in [2.45, 2.75) is 44.4 Å². The van der Waals surface area contributed by atoms with E-state index in [-0.39, 0.29) is 12.8 Å². The molecule has 1 aliphatic carbocycles. The fourth-order valence-corrected chi connectivity index (χ4v) is 2.54. The molecule has 1 aromatic heterocycles. The Kier molecular flexibility index (Phi) is 5.03. The first-order valence-electron chi connectivity index (χ1n) is 6.95. The first-order chi connectivity index (χ1) is 9.95. The maximum absolute atomic E-state index is 12.7. The van der Waals surface area contributed by atoms with Gasteiger partial charge in [0.05, 0.1) is 5.92 Å². The van der Waals surface area contributed by atoms with Gasteiger partial charge in [0.25, 0.3) is 0 Å². The summed E-state index contributed by atoms with van der Waals surface area (Å²) >= 11 is 0. The molecule has 1 saturated carbocycles. The summed E-state index contributed by atoms with van der Waals surface area (Å²) in [5.74, 6) is -1.31. The van der Waals surface area contributed by atoms with Crippen LogP contribution in [-0.4, -0.2) is 23.2 Å². The number of urea groups is 1. The molecule has 2 atom stereocenters. The average Bonchev–Trinajstić information content (AvgIpc) is 2.46. The number of nitrogens with zero attached hydrogens (tertiary/aromatic N) is 1. The molecule has 21 heavy (non-hydrogen) atoms. The quantitative estimate of drug-likeness (QED) is 0.901. The summed E-state index contributed by atoms with van der Waals surface area (Å²) in [5, 5.41) is 5.27. The fraction of sp³-hybridized carbons (Fsp3) is 0.571. The van der Waals surface area contributed by atoms with Crippen molar-refractivity contribution in [3.63, 3.8) is 0 Å². The lowest BCUT2D eigenvalue weighted by atomic mass is 9.85. The molecule has 0 spiro atoms. The number of nitrogens with one attached hydrogen (secondary N) is 2. The zero-order valence-electron chi connectivity index (χ0n) is 11.5. The topological polar surface area (TPSA) is 54.0 Å². The number of pyridine rings is 1. The third kappa shape index (κ3) is 4.91. The lowest BCUT2D eigenvalue weighted by molar-refractivity contribution is -0.183. The van der Waals surface area contributed by atoms with Crippen LogP contribution >= 0.6 is 0 Å². The van der Waals surface area contributed by atoms with Crippen LogP contribution in [0.2, 0.25) is 0 Å². The highest BCUT2D eigenvalue weighted by Crippen LogP contribution is 2.37. The van der Waals surface area contributed by atoms with E-state index in [9.17, 15) is 18.0 Å². The Morgan fingerprint density at radius 1 is 1.29 bits per heavy atom. The minimum Gasteiger partial charge on any atom is -0.335 e. The standard InChI is InChI=1S/C14H18F3N3O/c15-14(16,17)11-2-1-3-12(8-11)20-13(21)19-9-10-4-6-18-7-5-10/h4-7,11-12H,1-3,8-9H2,(H2,19,20,21). The summed E-state index contributed by atoms with van der Waals surface area (Å²) in [4.78, 5) is 15.6. The SMILES string of the molecule is O=C(NCc1ccncc1)NC1CCCC(C(F)(F)F)C1. The Morgan fingerprint density at radius 3 is 2.67 bits per heavy atom. The van der Waals surface area contributed by atoms with Crippen LogP contribution in [0.1, 0.15) is 31.2 Å². The summed E-state index contributed by atoms with van der Waals surface area (Å²) in [5.41, 5.74) is 0.886. The number of carbonyl (C=O) groups is 1. The Hall–Kier alpha value is -1.79. The molecule has 0 aromatic carbocycles. The molecule has 4 nitrogen and oxygen atoms in total. The summed E-state index contributed by atoms with van der Waals surface area (Å²) < 4.78 is 38.1. The average molecular weight is 301 g/mol. The smallest absolute Gasteiger partial charge is 0.335 e. The van der Waals surface area contributed by atoms with Crippen LogP contribution in [0.15, 0.2) is 24.5 Å². The van der Waals surface area contributed by atoms with Gasteiger partial charge >= 0.3 is 12.2 Å². The monoisotopic (exact) mass is 301 g/mol. The van der Waals surface area contributed by atoms with Crippen molar-refractivity contribution in [2.75, 3.05) is 0 Å². The van der Waals surface area contributed by atoms with Crippen molar-refractivity contribution in [1.29, 1.82) is 0 Å². The summed E-state index contributed by atoms with van der Waals surface area (Å²) in [6, 6.07) is 2.68. The molecule has 2 amide bonds. The predicted molar refractivity (Wildman–Crippen MR) is 71.4 cm³/mol. The Morgan fingerprint density at radius 2 is 2.00 bits per heavy atom. The molecule has 2 N–H and O–H groups in total. The van der Waals surface area contributed by atoms with Crippen LogP contribution < -0.4 is 10.6 Å². The van der Waals surface area contributed by atoms with Gasteiger partial charge in [-0.3, -0.25) is 4.98 Å². The van der Waals surface area contributed by atoms with Crippen molar-refractivity contribution in [2.24, 2.45) is 5.92 Å². The van der Waals surface area contributed by atoms with E-state index in [4.69, 9.17) is 0 Å². The lowest BCUT2D eigenvalue weighted by Crippen LogP contribution is -2.45. The van der Waals surface area contributed by atoms with Gasteiger partial charge in [-0.05, 0) is 37.0 Å². The predicted octanol–water partition coefficient (Wildman–Crippen LogP) is 3.00.